The summed E-state index contributed by atoms with van der Waals surface area (Å²) in [7, 11) is 0. The van der Waals surface area contributed by atoms with Crippen molar-refractivity contribution in [3.63, 3.8) is 0 Å². The van der Waals surface area contributed by atoms with E-state index in [0.717, 1.165) is 22.1 Å². The molecular formula is C92H38N18+16. The molecule has 34 heterocycles. The van der Waals surface area contributed by atoms with E-state index in [1.165, 1.54) is 256 Å². The van der Waals surface area contributed by atoms with Gasteiger partial charge in [-0.15, -0.1) is 0 Å². The van der Waals surface area contributed by atoms with Gasteiger partial charge in [0.05, 0.1) is 43.1 Å². The van der Waals surface area contributed by atoms with Crippen LogP contribution in [-0.2, 0) is 23.6 Å². The molecule has 16 aliphatic heterocycles. The minimum Gasteiger partial charge on any atom is -0.250 e. The molecule has 0 radical (unpaired) electrons. The van der Waals surface area contributed by atoms with Crippen molar-refractivity contribution in [2.75, 3.05) is 0 Å². The summed E-state index contributed by atoms with van der Waals surface area (Å²) < 4.78 is 44.5. The summed E-state index contributed by atoms with van der Waals surface area (Å²) >= 11 is 0. The first-order valence-electron chi connectivity index (χ1n) is 38.4. The number of nitrogens with zero attached hydrogens (tertiary/aromatic N) is 18. The highest BCUT2D eigenvalue weighted by molar-refractivity contribution is 6.10. The maximum Gasteiger partial charge on any atom is 0.772 e. The molecule has 0 saturated carbocycles. The molecule has 0 saturated heterocycles. The minimum atomic E-state index is -1.03. The van der Waals surface area contributed by atoms with Crippen molar-refractivity contribution in [1.29, 1.82) is 0 Å². The van der Waals surface area contributed by atoms with E-state index in [1.54, 1.807) is 0 Å². The van der Waals surface area contributed by atoms with Crippen LogP contribution >= 0.6 is 0 Å². The molecule has 22 aromatic rings. The number of hydrogen-bond acceptors (Lipinski definition) is 2. The maximum atomic E-state index is 5.21. The van der Waals surface area contributed by atoms with E-state index in [1.807, 2.05) is 12.4 Å². The molecule has 0 fully saturated rings. The molecule has 4 unspecified atom stereocenters. The van der Waals surface area contributed by atoms with E-state index in [2.05, 4.69) is 291 Å². The second kappa shape index (κ2) is 13.3. The topological polar surface area (TPSA) is 87.9 Å². The van der Waals surface area contributed by atoms with Gasteiger partial charge in [0, 0.05) is 183 Å². The average Bonchev–Trinajstić information content (AvgIpc) is 1.53. The minimum absolute atomic E-state index is 0.911. The van der Waals surface area contributed by atoms with E-state index in [9.17, 15) is 0 Å². The predicted molar refractivity (Wildman–Crippen MR) is 389 cm³/mol. The molecule has 16 aliphatic rings. The summed E-state index contributed by atoms with van der Waals surface area (Å²) in [6, 6.07) is 87.3. The third kappa shape index (κ3) is 3.67. The van der Waals surface area contributed by atoms with Crippen molar-refractivity contribution < 1.29 is 73.1 Å². The number of fused-ring (bicyclic) bond motifs is 12. The number of pyridine rings is 18. The third-order valence-electron chi connectivity index (χ3n) is 30.3. The zero-order valence-corrected chi connectivity index (χ0v) is 57.0. The second-order valence-corrected chi connectivity index (χ2v) is 33.7. The summed E-state index contributed by atoms with van der Waals surface area (Å²) in [5.74, 6) is -3.88. The summed E-state index contributed by atoms with van der Waals surface area (Å²) in [4.78, 5) is 10.4. The molecule has 0 bridgehead atoms. The third-order valence-corrected chi connectivity index (χ3v) is 30.3. The lowest BCUT2D eigenvalue weighted by Gasteiger charge is -2.21. The number of rotatable bonds is 0. The normalized spacial score (nSPS) is 20.7. The Labute approximate surface area is 611 Å². The molecular weight excluding hydrogens is 1360 g/mol. The lowest BCUT2D eigenvalue weighted by atomic mass is 9.95. The van der Waals surface area contributed by atoms with Gasteiger partial charge >= 0.3 is 135 Å². The van der Waals surface area contributed by atoms with E-state index in [-0.39, 0.29) is 0 Å². The van der Waals surface area contributed by atoms with Gasteiger partial charge in [0.2, 0.25) is 45.6 Å². The standard InChI is InChI=1S/C92H38N18/c1-3-41-13-23-61-51-35-69-71-37-53-64-26-16-46-8-6-44-12-22-60-50-34-68-66-28-18-56-82-48(30-32-94-56)58-20-10-40-2-4-42-14-24-62-52-36-70-72-38-54-63-25-15-45-7-5-43-11-21-59-49-33-67-65-27-17-55-81-47(29-31-93-55)57-19-9-39(1)73-75(41)97(61)89(95(57)73,103(65)81)105(67)83(51)85(49)107(69)91(99(59)77(43)79(45)101(63)91)109(71)87(54)88(53)110(72)92(100(60)78(44)80(46)102(64)92)108(70)86(50)84(52)106(68)90(104(66)82)96(58)74(40)76(42)98(62)90/h1-38H/q+16. The summed E-state index contributed by atoms with van der Waals surface area (Å²) in [5, 5.41) is 9.76. The van der Waals surface area contributed by atoms with Crippen LogP contribution in [0, 0.1) is 0 Å². The molecule has 0 amide bonds. The van der Waals surface area contributed by atoms with E-state index in [4.69, 9.17) is 9.97 Å². The number of hydrogen-bond donors (Lipinski definition) is 0. The lowest BCUT2D eigenvalue weighted by Crippen LogP contribution is -2.98. The highest BCUT2D eigenvalue weighted by Crippen LogP contribution is 2.56. The van der Waals surface area contributed by atoms with Crippen molar-refractivity contribution in [2.45, 2.75) is 23.6 Å². The first kappa shape index (κ1) is 48.1. The quantitative estimate of drug-likeness (QED) is 0.139. The first-order chi connectivity index (χ1) is 54.6. The van der Waals surface area contributed by atoms with Gasteiger partial charge in [0.1, 0.15) is 55.5 Å². The van der Waals surface area contributed by atoms with Gasteiger partial charge in [-0.2, -0.15) is 0 Å². The lowest BCUT2D eigenvalue weighted by molar-refractivity contribution is -1.29. The predicted octanol–water partition coefficient (Wildman–Crippen LogP) is 5.94. The average molecular weight is 1400 g/mol. The first-order valence-corrected chi connectivity index (χ1v) is 38.4. The Balaban J connectivity index is 0.731. The number of benzene rings is 4. The van der Waals surface area contributed by atoms with Crippen molar-refractivity contribution in [1.82, 2.24) is 9.97 Å². The van der Waals surface area contributed by atoms with Crippen LogP contribution < -0.4 is 73.1 Å². The van der Waals surface area contributed by atoms with Crippen LogP contribution in [0.3, 0.4) is 0 Å². The Morgan fingerprint density at radius 1 is 0.145 bits per heavy atom. The maximum absolute atomic E-state index is 5.21. The molecule has 4 atom stereocenters. The van der Waals surface area contributed by atoms with Gasteiger partial charge in [-0.05, 0) is 121 Å². The monoisotopic (exact) mass is 1390 g/mol. The van der Waals surface area contributed by atoms with Gasteiger partial charge < -0.3 is 0 Å². The molecule has 0 aliphatic carbocycles. The van der Waals surface area contributed by atoms with Crippen LogP contribution in [0.1, 0.15) is 0 Å². The molecule has 0 N–H and O–H groups in total. The fraction of sp³-hybridized carbons (Fsp3) is 0.0435. The van der Waals surface area contributed by atoms with Gasteiger partial charge in [-0.25, -0.2) is 9.97 Å². The van der Waals surface area contributed by atoms with Crippen molar-refractivity contribution >= 4 is 142 Å². The second-order valence-electron chi connectivity index (χ2n) is 33.7. The van der Waals surface area contributed by atoms with Crippen molar-refractivity contribution in [3.8, 4) is 136 Å². The molecule has 110 heavy (non-hydrogen) atoms. The van der Waals surface area contributed by atoms with E-state index in [0.29, 0.717) is 0 Å². The molecule has 38 rings (SSSR count). The zero-order chi connectivity index (χ0) is 68.4. The van der Waals surface area contributed by atoms with Crippen LogP contribution in [0.25, 0.3) is 278 Å². The number of aromatic nitrogens is 18. The van der Waals surface area contributed by atoms with Gasteiger partial charge in [-0.1, -0.05) is 0 Å². The van der Waals surface area contributed by atoms with E-state index >= 15 is 0 Å². The van der Waals surface area contributed by atoms with Crippen LogP contribution in [0.4, 0.5) is 0 Å². The summed E-state index contributed by atoms with van der Waals surface area (Å²) in [5.41, 5.74) is 50.2. The SMILES string of the molecule is c1cc2c3c(ccc4[n+]3C35[n+]6c-4cc4c7c6c(cc6[n+]7C78[n+]9c-6cc6c%10c9c(cc9[n+]%10C%10%11[n+]%12c-9cc9c%13c%12c(cc%12[n+]%13C%13%14[n+]%15c-%12ccc%12nccc(c%12%15)-c%12ccc%15ccc%16ccc-9[n+]%13c%16c%15[n+]%12%14)-c9ccc%12ccc%13ccc-6[n+]%10c%13c%12[n+]9%11)-c6ccc9ccc%10ccc-4[n+]7c%10c9[n+]68)-c4ccc6ccc7ccc-2[n+]3c7c6[n+]45)n1. The van der Waals surface area contributed by atoms with E-state index < -0.39 is 23.6 Å². The van der Waals surface area contributed by atoms with Crippen LogP contribution in [0.2, 0.25) is 0 Å². The van der Waals surface area contributed by atoms with Gasteiger partial charge in [0.15, 0.2) is 0 Å². The molecule has 4 aromatic carbocycles. The Morgan fingerprint density at radius 3 is 0.545 bits per heavy atom. The summed E-state index contributed by atoms with van der Waals surface area (Å²) in [6.45, 7) is 0. The zero-order valence-electron chi connectivity index (χ0n) is 57.0. The van der Waals surface area contributed by atoms with Crippen LogP contribution in [-0.4, -0.2) is 9.97 Å². The Hall–Kier alpha value is -15.0. The molecule has 18 nitrogen and oxygen atoms in total. The highest BCUT2D eigenvalue weighted by atomic mass is 15.7. The van der Waals surface area contributed by atoms with Gasteiger partial charge in [-0.3, -0.25) is 0 Å². The Kier molecular flexibility index (Phi) is 5.83. The molecule has 18 heteroatoms. The van der Waals surface area contributed by atoms with Crippen molar-refractivity contribution in [2.24, 2.45) is 0 Å². The molecule has 18 aromatic heterocycles. The van der Waals surface area contributed by atoms with Crippen molar-refractivity contribution in [3.05, 3.63) is 231 Å². The smallest absolute Gasteiger partial charge is 0.250 e. The molecule has 480 valence electrons. The Bertz CT molecular complexity index is 8990. The van der Waals surface area contributed by atoms with Crippen LogP contribution in [0.5, 0.6) is 0 Å². The largest absolute Gasteiger partial charge is 0.772 e. The molecule has 4 spiro atoms. The van der Waals surface area contributed by atoms with Gasteiger partial charge in [0.25, 0.3) is 22.4 Å². The highest BCUT2D eigenvalue weighted by Gasteiger charge is 2.96. The fourth-order valence-electron chi connectivity index (χ4n) is 27.3. The van der Waals surface area contributed by atoms with Crippen LogP contribution in [0.15, 0.2) is 231 Å². The Morgan fingerprint density at radius 2 is 0.318 bits per heavy atom. The fourth-order valence-corrected chi connectivity index (χ4v) is 27.3. The summed E-state index contributed by atoms with van der Waals surface area (Å²) in [6.07, 6.45) is 4.02.